The maximum atomic E-state index is 12.9. The van der Waals surface area contributed by atoms with E-state index in [1.54, 1.807) is 13.2 Å². The third-order valence-electron chi connectivity index (χ3n) is 2.61. The molecule has 3 nitrogen and oxygen atoms in total. The first-order chi connectivity index (χ1) is 9.08. The molecule has 1 aromatic heterocycles. The Balaban J connectivity index is 2.12. The highest BCUT2D eigenvalue weighted by Gasteiger charge is 2.04. The van der Waals surface area contributed by atoms with Gasteiger partial charge in [-0.15, -0.1) is 0 Å². The van der Waals surface area contributed by atoms with Gasteiger partial charge in [0.1, 0.15) is 11.6 Å². The van der Waals surface area contributed by atoms with Gasteiger partial charge in [0.2, 0.25) is 0 Å². The molecule has 2 aromatic rings. The first kappa shape index (κ1) is 13.6. The molecule has 5 heteroatoms. The van der Waals surface area contributed by atoms with Crippen LogP contribution >= 0.6 is 11.6 Å². The van der Waals surface area contributed by atoms with Crippen LogP contribution in [0.3, 0.4) is 0 Å². The summed E-state index contributed by atoms with van der Waals surface area (Å²) in [6.45, 7) is 2.39. The van der Waals surface area contributed by atoms with Crippen molar-refractivity contribution < 1.29 is 9.13 Å². The van der Waals surface area contributed by atoms with Crippen LogP contribution in [-0.4, -0.2) is 12.1 Å². The Morgan fingerprint density at radius 3 is 2.79 bits per heavy atom. The molecule has 1 heterocycles. The molecule has 0 bridgehead atoms. The normalized spacial score (nSPS) is 10.3. The zero-order valence-corrected chi connectivity index (χ0v) is 11.5. The minimum atomic E-state index is -0.356. The number of pyridine rings is 1. The predicted molar refractivity (Wildman–Crippen MR) is 74.3 cm³/mol. The summed E-state index contributed by atoms with van der Waals surface area (Å²) in [6.07, 6.45) is 0. The standard InChI is InChI=1S/C14H14ClFN2O/c1-9-5-12(19-2)7-11(18-9)8-17-14-4-3-10(16)6-13(14)15/h3-7,17H,8H2,1-2H3. The lowest BCUT2D eigenvalue weighted by Gasteiger charge is -2.10. The minimum absolute atomic E-state index is 0.347. The molecule has 0 unspecified atom stereocenters. The maximum absolute atomic E-state index is 12.9. The van der Waals surface area contributed by atoms with Crippen molar-refractivity contribution in [2.75, 3.05) is 12.4 Å². The molecule has 0 atom stereocenters. The Kier molecular flexibility index (Phi) is 4.22. The number of nitrogens with one attached hydrogen (secondary N) is 1. The molecule has 0 amide bonds. The van der Waals surface area contributed by atoms with Crippen LogP contribution in [0, 0.1) is 12.7 Å². The fourth-order valence-electron chi connectivity index (χ4n) is 1.73. The first-order valence-corrected chi connectivity index (χ1v) is 6.17. The molecule has 0 aliphatic carbocycles. The lowest BCUT2D eigenvalue weighted by molar-refractivity contribution is 0.413. The monoisotopic (exact) mass is 280 g/mol. The maximum Gasteiger partial charge on any atom is 0.124 e. The van der Waals surface area contributed by atoms with Crippen LogP contribution < -0.4 is 10.1 Å². The van der Waals surface area contributed by atoms with E-state index in [-0.39, 0.29) is 5.82 Å². The van der Waals surface area contributed by atoms with Gasteiger partial charge >= 0.3 is 0 Å². The Hall–Kier alpha value is -1.81. The molecule has 100 valence electrons. The van der Waals surface area contributed by atoms with Crippen molar-refractivity contribution in [1.82, 2.24) is 4.98 Å². The number of ether oxygens (including phenoxy) is 1. The smallest absolute Gasteiger partial charge is 0.124 e. The van der Waals surface area contributed by atoms with Gasteiger partial charge in [-0.25, -0.2) is 4.39 Å². The summed E-state index contributed by atoms with van der Waals surface area (Å²) in [4.78, 5) is 4.38. The highest BCUT2D eigenvalue weighted by atomic mass is 35.5. The van der Waals surface area contributed by atoms with E-state index < -0.39 is 0 Å². The molecule has 0 fully saturated rings. The SMILES string of the molecule is COc1cc(C)nc(CNc2ccc(F)cc2Cl)c1. The van der Waals surface area contributed by atoms with E-state index in [0.717, 1.165) is 17.1 Å². The van der Waals surface area contributed by atoms with Gasteiger partial charge in [-0.3, -0.25) is 4.98 Å². The van der Waals surface area contributed by atoms with Crippen LogP contribution in [0.15, 0.2) is 30.3 Å². The quantitative estimate of drug-likeness (QED) is 0.925. The van der Waals surface area contributed by atoms with E-state index in [4.69, 9.17) is 16.3 Å². The second kappa shape index (κ2) is 5.89. The highest BCUT2D eigenvalue weighted by Crippen LogP contribution is 2.23. The molecule has 19 heavy (non-hydrogen) atoms. The summed E-state index contributed by atoms with van der Waals surface area (Å²) in [5.74, 6) is 0.403. The van der Waals surface area contributed by atoms with E-state index in [1.165, 1.54) is 12.1 Å². The molecule has 0 radical (unpaired) electrons. The fraction of sp³-hybridized carbons (Fsp3) is 0.214. The summed E-state index contributed by atoms with van der Waals surface area (Å²) >= 11 is 5.94. The molecule has 2 rings (SSSR count). The molecule has 0 saturated heterocycles. The zero-order chi connectivity index (χ0) is 13.8. The van der Waals surface area contributed by atoms with Crippen LogP contribution in [0.5, 0.6) is 5.75 Å². The van der Waals surface area contributed by atoms with Crippen LogP contribution in [0.25, 0.3) is 0 Å². The summed E-state index contributed by atoms with van der Waals surface area (Å²) in [6, 6.07) is 7.93. The van der Waals surface area contributed by atoms with Gasteiger partial charge in [-0.05, 0) is 25.1 Å². The van der Waals surface area contributed by atoms with Crippen LogP contribution in [0.1, 0.15) is 11.4 Å². The van der Waals surface area contributed by atoms with Crippen molar-refractivity contribution in [2.24, 2.45) is 0 Å². The number of nitrogens with zero attached hydrogens (tertiary/aromatic N) is 1. The number of hydrogen-bond donors (Lipinski definition) is 1. The molecular weight excluding hydrogens is 267 g/mol. The third kappa shape index (κ3) is 3.58. The van der Waals surface area contributed by atoms with Gasteiger partial charge in [0, 0.05) is 17.8 Å². The van der Waals surface area contributed by atoms with Gasteiger partial charge in [0.15, 0.2) is 0 Å². The number of methoxy groups -OCH3 is 1. The molecule has 0 aliphatic rings. The number of aryl methyl sites for hydroxylation is 1. The highest BCUT2D eigenvalue weighted by molar-refractivity contribution is 6.33. The van der Waals surface area contributed by atoms with Gasteiger partial charge in [-0.1, -0.05) is 11.6 Å². The van der Waals surface area contributed by atoms with Crippen molar-refractivity contribution in [3.63, 3.8) is 0 Å². The van der Waals surface area contributed by atoms with Crippen molar-refractivity contribution >= 4 is 17.3 Å². The van der Waals surface area contributed by atoms with Crippen LogP contribution in [0.2, 0.25) is 5.02 Å². The summed E-state index contributed by atoms with van der Waals surface area (Å²) < 4.78 is 18.1. The topological polar surface area (TPSA) is 34.1 Å². The van der Waals surface area contributed by atoms with E-state index in [1.807, 2.05) is 19.1 Å². The average Bonchev–Trinajstić information content (AvgIpc) is 2.37. The molecular formula is C14H14ClFN2O. The Morgan fingerprint density at radius 1 is 1.32 bits per heavy atom. The molecule has 0 spiro atoms. The first-order valence-electron chi connectivity index (χ1n) is 5.79. The zero-order valence-electron chi connectivity index (χ0n) is 10.7. The van der Waals surface area contributed by atoms with Crippen LogP contribution in [0.4, 0.5) is 10.1 Å². The molecule has 0 aliphatic heterocycles. The molecule has 1 aromatic carbocycles. The van der Waals surface area contributed by atoms with Crippen molar-refractivity contribution in [3.05, 3.63) is 52.6 Å². The number of aromatic nitrogens is 1. The second-order valence-electron chi connectivity index (χ2n) is 4.12. The van der Waals surface area contributed by atoms with E-state index >= 15 is 0 Å². The molecule has 0 saturated carbocycles. The third-order valence-corrected chi connectivity index (χ3v) is 2.92. The number of hydrogen-bond acceptors (Lipinski definition) is 3. The predicted octanol–water partition coefficient (Wildman–Crippen LogP) is 3.80. The number of benzene rings is 1. The number of rotatable bonds is 4. The fourth-order valence-corrected chi connectivity index (χ4v) is 1.96. The van der Waals surface area contributed by atoms with Crippen molar-refractivity contribution in [2.45, 2.75) is 13.5 Å². The Labute approximate surface area is 116 Å². The van der Waals surface area contributed by atoms with E-state index in [0.29, 0.717) is 17.3 Å². The minimum Gasteiger partial charge on any atom is -0.497 e. The second-order valence-corrected chi connectivity index (χ2v) is 4.52. The summed E-state index contributed by atoms with van der Waals surface area (Å²) in [5.41, 5.74) is 2.38. The Bertz CT molecular complexity index is 590. The average molecular weight is 281 g/mol. The lowest BCUT2D eigenvalue weighted by Crippen LogP contribution is -2.03. The van der Waals surface area contributed by atoms with Crippen LogP contribution in [-0.2, 0) is 6.54 Å². The van der Waals surface area contributed by atoms with Crippen molar-refractivity contribution in [3.8, 4) is 5.75 Å². The number of halogens is 2. The van der Waals surface area contributed by atoms with E-state index in [2.05, 4.69) is 10.3 Å². The summed E-state index contributed by atoms with van der Waals surface area (Å²) in [5, 5.41) is 3.47. The largest absolute Gasteiger partial charge is 0.497 e. The lowest BCUT2D eigenvalue weighted by atomic mass is 10.2. The molecule has 1 N–H and O–H groups in total. The van der Waals surface area contributed by atoms with E-state index in [9.17, 15) is 4.39 Å². The van der Waals surface area contributed by atoms with Gasteiger partial charge in [0.05, 0.1) is 30.1 Å². The van der Waals surface area contributed by atoms with Gasteiger partial charge in [0.25, 0.3) is 0 Å². The van der Waals surface area contributed by atoms with Gasteiger partial charge in [-0.2, -0.15) is 0 Å². The van der Waals surface area contributed by atoms with Crippen molar-refractivity contribution in [1.29, 1.82) is 0 Å². The number of anilines is 1. The summed E-state index contributed by atoms with van der Waals surface area (Å²) in [7, 11) is 1.61. The van der Waals surface area contributed by atoms with Gasteiger partial charge < -0.3 is 10.1 Å². The Morgan fingerprint density at radius 2 is 2.11 bits per heavy atom.